The number of hydrogen-bond acceptors (Lipinski definition) is 3. The van der Waals surface area contributed by atoms with Crippen LogP contribution in [-0.2, 0) is 0 Å². The summed E-state index contributed by atoms with van der Waals surface area (Å²) in [5.41, 5.74) is 0.706. The molecule has 0 amide bonds. The van der Waals surface area contributed by atoms with Crippen LogP contribution >= 0.6 is 54.8 Å². The van der Waals surface area contributed by atoms with Gasteiger partial charge in [-0.15, -0.1) is 11.3 Å². The van der Waals surface area contributed by atoms with Crippen LogP contribution in [0.1, 0.15) is 16.5 Å². The summed E-state index contributed by atoms with van der Waals surface area (Å²) in [6, 6.07) is 7.27. The molecule has 1 atom stereocenters. The van der Waals surface area contributed by atoms with Gasteiger partial charge < -0.3 is 9.84 Å². The maximum absolute atomic E-state index is 10.4. The Kier molecular flexibility index (Phi) is 4.72. The third-order valence-corrected chi connectivity index (χ3v) is 5.44. The van der Waals surface area contributed by atoms with Crippen LogP contribution in [0.25, 0.3) is 0 Å². The lowest BCUT2D eigenvalue weighted by Gasteiger charge is -2.13. The monoisotopic (exact) mass is 410 g/mol. The quantitative estimate of drug-likeness (QED) is 0.767. The Morgan fingerprint density at radius 3 is 2.61 bits per heavy atom. The minimum atomic E-state index is -0.758. The molecule has 1 N–H and O–H groups in total. The van der Waals surface area contributed by atoms with E-state index in [1.807, 2.05) is 18.2 Å². The Morgan fingerprint density at radius 1 is 1.33 bits per heavy atom. The zero-order chi connectivity index (χ0) is 13.3. The van der Waals surface area contributed by atoms with Gasteiger partial charge in [-0.05, 0) is 40.2 Å². The molecule has 0 aliphatic heterocycles. The molecule has 1 unspecified atom stereocenters. The van der Waals surface area contributed by atoms with Crippen molar-refractivity contribution in [2.45, 2.75) is 6.10 Å². The molecule has 0 fully saturated rings. The van der Waals surface area contributed by atoms with Gasteiger partial charge in [-0.2, -0.15) is 0 Å². The zero-order valence-corrected chi connectivity index (χ0v) is 14.0. The number of aliphatic hydroxyl groups excluding tert-OH is 1. The van der Waals surface area contributed by atoms with E-state index in [0.717, 1.165) is 13.1 Å². The standard InChI is InChI=1S/C12H9Br2ClO2S/c1-17-9-3-2-6(13)4-7(9)11(16)10-5-8(15)12(14)18-10/h2-5,11,16H,1H3. The molecular weight excluding hydrogens is 403 g/mol. The van der Waals surface area contributed by atoms with Gasteiger partial charge in [0.25, 0.3) is 0 Å². The first-order chi connectivity index (χ1) is 8.52. The topological polar surface area (TPSA) is 29.5 Å². The van der Waals surface area contributed by atoms with Crippen molar-refractivity contribution in [3.8, 4) is 5.75 Å². The van der Waals surface area contributed by atoms with Crippen molar-refractivity contribution in [2.24, 2.45) is 0 Å². The van der Waals surface area contributed by atoms with Crippen LogP contribution in [0.5, 0.6) is 5.75 Å². The van der Waals surface area contributed by atoms with Crippen LogP contribution in [0.15, 0.2) is 32.5 Å². The van der Waals surface area contributed by atoms with Gasteiger partial charge in [0.05, 0.1) is 15.9 Å². The molecule has 0 spiro atoms. The summed E-state index contributed by atoms with van der Waals surface area (Å²) in [7, 11) is 1.58. The first-order valence-corrected chi connectivity index (χ1v) is 7.77. The molecule has 0 aliphatic carbocycles. The van der Waals surface area contributed by atoms with Crippen LogP contribution in [0.3, 0.4) is 0 Å². The van der Waals surface area contributed by atoms with Gasteiger partial charge >= 0.3 is 0 Å². The van der Waals surface area contributed by atoms with E-state index in [4.69, 9.17) is 16.3 Å². The van der Waals surface area contributed by atoms with Crippen molar-refractivity contribution in [1.82, 2.24) is 0 Å². The molecule has 2 nitrogen and oxygen atoms in total. The van der Waals surface area contributed by atoms with Crippen LogP contribution in [0.2, 0.25) is 5.02 Å². The minimum Gasteiger partial charge on any atom is -0.496 e. The number of hydrogen-bond donors (Lipinski definition) is 1. The Bertz CT molecular complexity index is 552. The highest BCUT2D eigenvalue weighted by Crippen LogP contribution is 2.40. The van der Waals surface area contributed by atoms with Gasteiger partial charge in [0.1, 0.15) is 11.9 Å². The van der Waals surface area contributed by atoms with E-state index in [-0.39, 0.29) is 0 Å². The van der Waals surface area contributed by atoms with Gasteiger partial charge in [-0.1, -0.05) is 27.5 Å². The second-order valence-electron chi connectivity index (χ2n) is 3.56. The molecular formula is C12H9Br2ClO2S. The lowest BCUT2D eigenvalue weighted by atomic mass is 10.1. The van der Waals surface area contributed by atoms with Gasteiger partial charge in [0, 0.05) is 14.9 Å². The Hall–Kier alpha value is -0.0700. The fourth-order valence-corrected chi connectivity index (χ4v) is 3.70. The van der Waals surface area contributed by atoms with E-state index in [2.05, 4.69) is 31.9 Å². The fraction of sp³-hybridized carbons (Fsp3) is 0.167. The van der Waals surface area contributed by atoms with Crippen molar-refractivity contribution in [2.75, 3.05) is 7.11 Å². The van der Waals surface area contributed by atoms with E-state index in [0.29, 0.717) is 16.3 Å². The minimum absolute atomic E-state index is 0.600. The molecule has 0 radical (unpaired) electrons. The highest BCUT2D eigenvalue weighted by molar-refractivity contribution is 9.11. The Balaban J connectivity index is 2.44. The van der Waals surface area contributed by atoms with Gasteiger partial charge in [-0.25, -0.2) is 0 Å². The Morgan fingerprint density at radius 2 is 2.06 bits per heavy atom. The molecule has 0 saturated heterocycles. The first-order valence-electron chi connectivity index (χ1n) is 4.99. The highest BCUT2D eigenvalue weighted by Gasteiger charge is 2.19. The smallest absolute Gasteiger partial charge is 0.125 e. The van der Waals surface area contributed by atoms with E-state index in [1.54, 1.807) is 13.2 Å². The normalized spacial score (nSPS) is 12.5. The number of rotatable bonds is 3. The lowest BCUT2D eigenvalue weighted by molar-refractivity contribution is 0.218. The molecule has 2 rings (SSSR count). The molecule has 1 aromatic heterocycles. The third kappa shape index (κ3) is 2.91. The van der Waals surface area contributed by atoms with Crippen molar-refractivity contribution in [1.29, 1.82) is 0 Å². The average molecular weight is 413 g/mol. The molecule has 18 heavy (non-hydrogen) atoms. The van der Waals surface area contributed by atoms with Gasteiger partial charge in [0.15, 0.2) is 0 Å². The number of ether oxygens (including phenoxy) is 1. The largest absolute Gasteiger partial charge is 0.496 e. The molecule has 6 heteroatoms. The summed E-state index contributed by atoms with van der Waals surface area (Å²) < 4.78 is 6.96. The highest BCUT2D eigenvalue weighted by atomic mass is 79.9. The molecule has 0 saturated carbocycles. The van der Waals surface area contributed by atoms with Crippen molar-refractivity contribution in [3.05, 3.63) is 48.0 Å². The van der Waals surface area contributed by atoms with Crippen LogP contribution in [-0.4, -0.2) is 12.2 Å². The van der Waals surface area contributed by atoms with Gasteiger partial charge in [-0.3, -0.25) is 0 Å². The van der Waals surface area contributed by atoms with Crippen molar-refractivity contribution in [3.63, 3.8) is 0 Å². The van der Waals surface area contributed by atoms with E-state index < -0.39 is 6.10 Å². The van der Waals surface area contributed by atoms with E-state index in [1.165, 1.54) is 11.3 Å². The molecule has 2 aromatic rings. The van der Waals surface area contributed by atoms with Gasteiger partial charge in [0.2, 0.25) is 0 Å². The predicted octanol–water partition coefficient (Wildman–Crippen LogP) is 5.02. The predicted molar refractivity (Wildman–Crippen MR) is 81.8 cm³/mol. The van der Waals surface area contributed by atoms with Crippen LogP contribution in [0, 0.1) is 0 Å². The van der Waals surface area contributed by atoms with E-state index in [9.17, 15) is 5.11 Å². The third-order valence-electron chi connectivity index (χ3n) is 2.42. The van der Waals surface area contributed by atoms with Crippen molar-refractivity contribution >= 4 is 54.8 Å². The number of thiophene rings is 1. The maximum atomic E-state index is 10.4. The molecule has 1 heterocycles. The second kappa shape index (κ2) is 5.92. The number of benzene rings is 1. The van der Waals surface area contributed by atoms with Crippen molar-refractivity contribution < 1.29 is 9.84 Å². The first kappa shape index (κ1) is 14.3. The fourth-order valence-electron chi connectivity index (χ4n) is 1.57. The summed E-state index contributed by atoms with van der Waals surface area (Å²) in [6.45, 7) is 0. The van der Waals surface area contributed by atoms with Crippen LogP contribution in [0.4, 0.5) is 0 Å². The number of halogens is 3. The number of aliphatic hydroxyl groups is 1. The number of methoxy groups -OCH3 is 1. The summed E-state index contributed by atoms with van der Waals surface area (Å²) >= 11 is 14.1. The lowest BCUT2D eigenvalue weighted by Crippen LogP contribution is -2.00. The summed E-state index contributed by atoms with van der Waals surface area (Å²) in [5, 5.41) is 11.0. The van der Waals surface area contributed by atoms with Crippen LogP contribution < -0.4 is 4.74 Å². The Labute approximate surface area is 131 Å². The maximum Gasteiger partial charge on any atom is 0.125 e. The second-order valence-corrected chi connectivity index (χ2v) is 7.28. The zero-order valence-electron chi connectivity index (χ0n) is 9.28. The molecule has 0 bridgehead atoms. The molecule has 1 aromatic carbocycles. The molecule has 96 valence electrons. The molecule has 0 aliphatic rings. The van der Waals surface area contributed by atoms with E-state index >= 15 is 0 Å². The summed E-state index contributed by atoms with van der Waals surface area (Å²) in [5.74, 6) is 0.645. The average Bonchev–Trinajstić information content (AvgIpc) is 2.68. The summed E-state index contributed by atoms with van der Waals surface area (Å²) in [6.07, 6.45) is -0.758. The summed E-state index contributed by atoms with van der Waals surface area (Å²) in [4.78, 5) is 0.767. The SMILES string of the molecule is COc1ccc(Br)cc1C(O)c1cc(Cl)c(Br)s1.